The first kappa shape index (κ1) is 19.1. The van der Waals surface area contributed by atoms with Crippen molar-refractivity contribution in [1.29, 1.82) is 0 Å². The van der Waals surface area contributed by atoms with Crippen molar-refractivity contribution in [3.63, 3.8) is 0 Å². The number of hydrogen-bond acceptors (Lipinski definition) is 2. The predicted octanol–water partition coefficient (Wildman–Crippen LogP) is 4.82. The second-order valence-electron chi connectivity index (χ2n) is 4.64. The van der Waals surface area contributed by atoms with Gasteiger partial charge in [0, 0.05) is 17.6 Å². The zero-order valence-electron chi connectivity index (χ0n) is 13.4. The van der Waals surface area contributed by atoms with Gasteiger partial charge in [-0.05, 0) is 37.5 Å². The van der Waals surface area contributed by atoms with E-state index in [1.165, 1.54) is 0 Å². The number of ketones is 1. The summed E-state index contributed by atoms with van der Waals surface area (Å²) in [6.07, 6.45) is 2.17. The van der Waals surface area contributed by atoms with Gasteiger partial charge in [-0.3, -0.25) is 4.79 Å². The van der Waals surface area contributed by atoms with Gasteiger partial charge in [0.05, 0.1) is 5.92 Å². The Morgan fingerprint density at radius 1 is 1.15 bits per heavy atom. The summed E-state index contributed by atoms with van der Waals surface area (Å²) in [5, 5.41) is 4.16. The van der Waals surface area contributed by atoms with Crippen LogP contribution >= 0.6 is 11.6 Å². The first-order chi connectivity index (χ1) is 9.58. The van der Waals surface area contributed by atoms with E-state index >= 15 is 0 Å². The molecule has 3 heteroatoms. The van der Waals surface area contributed by atoms with Gasteiger partial charge in [0.25, 0.3) is 0 Å². The molecule has 0 saturated heterocycles. The molecule has 0 heterocycles. The molecule has 0 aliphatic rings. The fourth-order valence-corrected chi connectivity index (χ4v) is 2.18. The largest absolute Gasteiger partial charge is 0.313 e. The van der Waals surface area contributed by atoms with Crippen LogP contribution in [0.25, 0.3) is 0 Å². The first-order valence-corrected chi connectivity index (χ1v) is 7.95. The van der Waals surface area contributed by atoms with Crippen molar-refractivity contribution in [2.24, 2.45) is 0 Å². The van der Waals surface area contributed by atoms with E-state index < -0.39 is 0 Å². The molecule has 0 spiro atoms. The highest BCUT2D eigenvalue weighted by atomic mass is 35.5. The summed E-state index contributed by atoms with van der Waals surface area (Å²) in [6.45, 7) is 10.7. The van der Waals surface area contributed by atoms with Crippen molar-refractivity contribution in [2.75, 3.05) is 6.54 Å². The zero-order valence-corrected chi connectivity index (χ0v) is 14.1. The van der Waals surface area contributed by atoms with Crippen LogP contribution in [-0.2, 0) is 4.79 Å². The van der Waals surface area contributed by atoms with Gasteiger partial charge in [0.15, 0.2) is 0 Å². The van der Waals surface area contributed by atoms with Crippen LogP contribution in [0.3, 0.4) is 0 Å². The molecule has 2 nitrogen and oxygen atoms in total. The summed E-state index contributed by atoms with van der Waals surface area (Å²) in [5.74, 6) is 0.110. The molecule has 20 heavy (non-hydrogen) atoms. The van der Waals surface area contributed by atoms with E-state index in [2.05, 4.69) is 19.2 Å². The van der Waals surface area contributed by atoms with E-state index in [0.717, 1.165) is 18.4 Å². The molecule has 1 atom stereocenters. The maximum Gasteiger partial charge on any atom is 0.138 e. The smallest absolute Gasteiger partial charge is 0.138 e. The first-order valence-electron chi connectivity index (χ1n) is 7.57. The molecule has 1 rings (SSSR count). The van der Waals surface area contributed by atoms with Crippen LogP contribution in [-0.4, -0.2) is 18.4 Å². The minimum atomic E-state index is -0.0807. The van der Waals surface area contributed by atoms with Crippen LogP contribution in [0.15, 0.2) is 24.3 Å². The SMILES string of the molecule is CC.CCC(CC)NCC(C(C)=O)c1ccc(Cl)cc1. The number of rotatable bonds is 7. The fourth-order valence-electron chi connectivity index (χ4n) is 2.05. The topological polar surface area (TPSA) is 29.1 Å². The van der Waals surface area contributed by atoms with Crippen LogP contribution in [0.4, 0.5) is 0 Å². The van der Waals surface area contributed by atoms with Crippen molar-refractivity contribution in [3.8, 4) is 0 Å². The molecule has 1 N–H and O–H groups in total. The van der Waals surface area contributed by atoms with E-state index in [4.69, 9.17) is 11.6 Å². The quantitative estimate of drug-likeness (QED) is 0.782. The molecule has 0 fully saturated rings. The molecule has 0 aromatic heterocycles. The van der Waals surface area contributed by atoms with Gasteiger partial charge < -0.3 is 5.32 Å². The molecular formula is C17H28ClNO. The lowest BCUT2D eigenvalue weighted by Crippen LogP contribution is -2.33. The third-order valence-corrected chi connectivity index (χ3v) is 3.61. The van der Waals surface area contributed by atoms with Gasteiger partial charge >= 0.3 is 0 Å². The van der Waals surface area contributed by atoms with E-state index in [9.17, 15) is 4.79 Å². The van der Waals surface area contributed by atoms with Crippen molar-refractivity contribution in [2.45, 2.75) is 59.4 Å². The summed E-state index contributed by atoms with van der Waals surface area (Å²) >= 11 is 5.87. The number of benzene rings is 1. The molecule has 0 radical (unpaired) electrons. The molecule has 1 unspecified atom stereocenters. The number of carbonyl (C=O) groups excluding carboxylic acids is 1. The van der Waals surface area contributed by atoms with E-state index in [1.807, 2.05) is 38.1 Å². The molecule has 0 bridgehead atoms. The molecule has 0 aliphatic heterocycles. The average Bonchev–Trinajstić information content (AvgIpc) is 2.47. The highest BCUT2D eigenvalue weighted by molar-refractivity contribution is 6.30. The Labute approximate surface area is 128 Å². The van der Waals surface area contributed by atoms with Crippen LogP contribution in [0.5, 0.6) is 0 Å². The summed E-state index contributed by atoms with van der Waals surface area (Å²) in [6, 6.07) is 8.03. The molecule has 1 aromatic carbocycles. The standard InChI is InChI=1S/C15H22ClNO.C2H6/c1-4-14(5-2)17-10-15(11(3)18)12-6-8-13(16)9-7-12;1-2/h6-9,14-15,17H,4-5,10H2,1-3H3;1-2H3. The van der Waals surface area contributed by atoms with Crippen LogP contribution in [0.2, 0.25) is 5.02 Å². The Morgan fingerprint density at radius 3 is 2.05 bits per heavy atom. The fraction of sp³-hybridized carbons (Fsp3) is 0.588. The molecule has 1 aromatic rings. The molecule has 0 amide bonds. The molecule has 114 valence electrons. The Hall–Kier alpha value is -0.860. The maximum atomic E-state index is 11.7. The second kappa shape index (κ2) is 10.9. The van der Waals surface area contributed by atoms with Gasteiger partial charge in [0.1, 0.15) is 5.78 Å². The van der Waals surface area contributed by atoms with E-state index in [1.54, 1.807) is 6.92 Å². The van der Waals surface area contributed by atoms with Crippen LogP contribution < -0.4 is 5.32 Å². The lowest BCUT2D eigenvalue weighted by atomic mass is 9.95. The highest BCUT2D eigenvalue weighted by Gasteiger charge is 2.17. The van der Waals surface area contributed by atoms with E-state index in [-0.39, 0.29) is 11.7 Å². The van der Waals surface area contributed by atoms with Gasteiger partial charge in [0.2, 0.25) is 0 Å². The van der Waals surface area contributed by atoms with Crippen LogP contribution in [0, 0.1) is 0 Å². The number of hydrogen-bond donors (Lipinski definition) is 1. The number of nitrogens with one attached hydrogen (secondary N) is 1. The summed E-state index contributed by atoms with van der Waals surface area (Å²) in [4.78, 5) is 11.7. The highest BCUT2D eigenvalue weighted by Crippen LogP contribution is 2.19. The Morgan fingerprint density at radius 2 is 1.65 bits per heavy atom. The third kappa shape index (κ3) is 6.53. The monoisotopic (exact) mass is 297 g/mol. The molecule has 0 aliphatic carbocycles. The Balaban J connectivity index is 0.00000172. The Bertz CT molecular complexity index is 371. The lowest BCUT2D eigenvalue weighted by molar-refractivity contribution is -0.118. The van der Waals surface area contributed by atoms with Crippen molar-refractivity contribution >= 4 is 17.4 Å². The van der Waals surface area contributed by atoms with Gasteiger partial charge in [-0.25, -0.2) is 0 Å². The zero-order chi connectivity index (χ0) is 15.5. The maximum absolute atomic E-state index is 11.7. The van der Waals surface area contributed by atoms with Gasteiger partial charge in [-0.15, -0.1) is 0 Å². The normalized spacial score (nSPS) is 11.8. The van der Waals surface area contributed by atoms with Crippen LogP contribution in [0.1, 0.15) is 58.9 Å². The van der Waals surface area contributed by atoms with Gasteiger partial charge in [-0.1, -0.05) is 51.4 Å². The third-order valence-electron chi connectivity index (χ3n) is 3.36. The Kier molecular flexibility index (Phi) is 10.4. The minimum absolute atomic E-state index is 0.0807. The molecule has 0 saturated carbocycles. The number of Topliss-reactive ketones (excluding diaryl/α,β-unsaturated/α-hetero) is 1. The number of halogens is 1. The molecular weight excluding hydrogens is 270 g/mol. The van der Waals surface area contributed by atoms with Crippen molar-refractivity contribution in [3.05, 3.63) is 34.9 Å². The summed E-state index contributed by atoms with van der Waals surface area (Å²) in [7, 11) is 0. The second-order valence-corrected chi connectivity index (χ2v) is 5.07. The number of carbonyl (C=O) groups is 1. The predicted molar refractivity (Wildman–Crippen MR) is 88.6 cm³/mol. The van der Waals surface area contributed by atoms with Crippen molar-refractivity contribution in [1.82, 2.24) is 5.32 Å². The minimum Gasteiger partial charge on any atom is -0.313 e. The van der Waals surface area contributed by atoms with E-state index in [0.29, 0.717) is 17.6 Å². The van der Waals surface area contributed by atoms with Crippen molar-refractivity contribution < 1.29 is 4.79 Å². The van der Waals surface area contributed by atoms with Gasteiger partial charge in [-0.2, -0.15) is 0 Å². The summed E-state index contributed by atoms with van der Waals surface area (Å²) < 4.78 is 0. The average molecular weight is 298 g/mol. The summed E-state index contributed by atoms with van der Waals surface area (Å²) in [5.41, 5.74) is 1.03. The lowest BCUT2D eigenvalue weighted by Gasteiger charge is -2.20.